The summed E-state index contributed by atoms with van der Waals surface area (Å²) in [4.78, 5) is 35.0. The highest BCUT2D eigenvalue weighted by Crippen LogP contribution is 2.25. The van der Waals surface area contributed by atoms with Gasteiger partial charge in [-0.3, -0.25) is 4.79 Å². The van der Waals surface area contributed by atoms with E-state index in [1.54, 1.807) is 6.07 Å². The van der Waals surface area contributed by atoms with Crippen LogP contribution >= 0.6 is 23.2 Å². The first-order chi connectivity index (χ1) is 11.9. The summed E-state index contributed by atoms with van der Waals surface area (Å²) in [7, 11) is 1.26. The van der Waals surface area contributed by atoms with Crippen LogP contribution in [0.1, 0.15) is 20.7 Å². The van der Waals surface area contributed by atoms with Crippen LogP contribution in [0.5, 0.6) is 0 Å². The van der Waals surface area contributed by atoms with Crippen LogP contribution in [-0.2, 0) is 14.3 Å². The lowest BCUT2D eigenvalue weighted by Gasteiger charge is -2.08. The van der Waals surface area contributed by atoms with E-state index in [2.05, 4.69) is 10.1 Å². The van der Waals surface area contributed by atoms with Gasteiger partial charge in [0.1, 0.15) is 0 Å². The Kier molecular flexibility index (Phi) is 6.38. The van der Waals surface area contributed by atoms with E-state index in [-0.39, 0.29) is 10.6 Å². The molecule has 0 unspecified atom stereocenters. The van der Waals surface area contributed by atoms with Gasteiger partial charge in [0.15, 0.2) is 6.61 Å². The van der Waals surface area contributed by atoms with E-state index in [9.17, 15) is 14.4 Å². The second-order valence-electron chi connectivity index (χ2n) is 4.82. The normalized spacial score (nSPS) is 10.0. The summed E-state index contributed by atoms with van der Waals surface area (Å²) >= 11 is 11.7. The highest BCUT2D eigenvalue weighted by Gasteiger charge is 2.13. The Morgan fingerprint density at radius 1 is 0.960 bits per heavy atom. The number of hydrogen-bond acceptors (Lipinski definition) is 5. The number of methoxy groups -OCH3 is 1. The standard InChI is InChI=1S/C17H13Cl2NO5/c1-24-16(22)10-2-4-11(5-3-10)17(23)25-9-15(21)20-14-7-6-12(18)8-13(14)19/h2-8H,9H2,1H3,(H,20,21). The smallest absolute Gasteiger partial charge is 0.338 e. The molecule has 0 aliphatic carbocycles. The van der Waals surface area contributed by atoms with Crippen LogP contribution in [0.4, 0.5) is 5.69 Å². The largest absolute Gasteiger partial charge is 0.465 e. The lowest BCUT2D eigenvalue weighted by molar-refractivity contribution is -0.119. The molecule has 25 heavy (non-hydrogen) atoms. The molecule has 0 radical (unpaired) electrons. The minimum atomic E-state index is -0.700. The van der Waals surface area contributed by atoms with Gasteiger partial charge < -0.3 is 14.8 Å². The first-order valence-electron chi connectivity index (χ1n) is 7.01. The number of ether oxygens (including phenoxy) is 2. The van der Waals surface area contributed by atoms with Gasteiger partial charge >= 0.3 is 11.9 Å². The average molecular weight is 382 g/mol. The summed E-state index contributed by atoms with van der Waals surface area (Å²) in [6.45, 7) is -0.490. The monoisotopic (exact) mass is 381 g/mol. The summed E-state index contributed by atoms with van der Waals surface area (Å²) in [5, 5.41) is 3.21. The molecular weight excluding hydrogens is 369 g/mol. The number of amides is 1. The number of rotatable bonds is 5. The van der Waals surface area contributed by atoms with Gasteiger partial charge in [-0.2, -0.15) is 0 Å². The molecule has 2 aromatic carbocycles. The van der Waals surface area contributed by atoms with Crippen LogP contribution in [0, 0.1) is 0 Å². The molecule has 0 atom stereocenters. The zero-order valence-corrected chi connectivity index (χ0v) is 14.6. The Bertz CT molecular complexity index is 805. The van der Waals surface area contributed by atoms with Crippen LogP contribution in [-0.4, -0.2) is 31.6 Å². The maximum absolute atomic E-state index is 11.9. The quantitative estimate of drug-likeness (QED) is 0.800. The predicted octanol–water partition coefficient (Wildman–Crippen LogP) is 3.58. The van der Waals surface area contributed by atoms with Gasteiger partial charge in [-0.05, 0) is 42.5 Å². The minimum absolute atomic E-state index is 0.199. The number of nitrogens with one attached hydrogen (secondary N) is 1. The third-order valence-corrected chi connectivity index (χ3v) is 3.63. The third-order valence-electron chi connectivity index (χ3n) is 3.08. The lowest BCUT2D eigenvalue weighted by Crippen LogP contribution is -2.21. The predicted molar refractivity (Wildman–Crippen MR) is 93.2 cm³/mol. The number of anilines is 1. The van der Waals surface area contributed by atoms with Gasteiger partial charge in [0.05, 0.1) is 28.9 Å². The number of carbonyl (C=O) groups is 3. The van der Waals surface area contributed by atoms with Crippen molar-refractivity contribution in [3.63, 3.8) is 0 Å². The highest BCUT2D eigenvalue weighted by atomic mass is 35.5. The van der Waals surface area contributed by atoms with Crippen LogP contribution in [0.3, 0.4) is 0 Å². The first kappa shape index (κ1) is 18.8. The van der Waals surface area contributed by atoms with Crippen LogP contribution in [0.25, 0.3) is 0 Å². The van der Waals surface area contributed by atoms with Crippen molar-refractivity contribution >= 4 is 46.7 Å². The molecule has 2 rings (SSSR count). The van der Waals surface area contributed by atoms with E-state index in [0.29, 0.717) is 16.3 Å². The minimum Gasteiger partial charge on any atom is -0.465 e. The van der Waals surface area contributed by atoms with Crippen LogP contribution in [0.15, 0.2) is 42.5 Å². The number of halogens is 2. The average Bonchev–Trinajstić information content (AvgIpc) is 2.61. The second kappa shape index (κ2) is 8.50. The fourth-order valence-corrected chi connectivity index (χ4v) is 2.31. The van der Waals surface area contributed by atoms with E-state index in [1.165, 1.54) is 43.5 Å². The Labute approximate surface area is 153 Å². The Morgan fingerprint density at radius 2 is 1.56 bits per heavy atom. The molecule has 1 amide bonds. The van der Waals surface area contributed by atoms with Crippen molar-refractivity contribution in [3.8, 4) is 0 Å². The van der Waals surface area contributed by atoms with Crippen molar-refractivity contribution in [1.29, 1.82) is 0 Å². The second-order valence-corrected chi connectivity index (χ2v) is 5.66. The molecule has 0 saturated heterocycles. The fourth-order valence-electron chi connectivity index (χ4n) is 1.85. The van der Waals surface area contributed by atoms with Gasteiger partial charge in [-0.1, -0.05) is 23.2 Å². The molecular formula is C17H13Cl2NO5. The van der Waals surface area contributed by atoms with Gasteiger partial charge in [0.2, 0.25) is 0 Å². The van der Waals surface area contributed by atoms with E-state index < -0.39 is 24.5 Å². The molecule has 0 aromatic heterocycles. The zero-order chi connectivity index (χ0) is 18.4. The molecule has 0 aliphatic rings. The molecule has 130 valence electrons. The van der Waals surface area contributed by atoms with E-state index >= 15 is 0 Å². The zero-order valence-electron chi connectivity index (χ0n) is 13.0. The Morgan fingerprint density at radius 3 is 2.12 bits per heavy atom. The summed E-state index contributed by atoms with van der Waals surface area (Å²) in [6.07, 6.45) is 0. The SMILES string of the molecule is COC(=O)c1ccc(C(=O)OCC(=O)Nc2ccc(Cl)cc2Cl)cc1. The molecule has 0 spiro atoms. The van der Waals surface area contributed by atoms with Crippen LogP contribution < -0.4 is 5.32 Å². The van der Waals surface area contributed by atoms with Crippen molar-refractivity contribution < 1.29 is 23.9 Å². The molecule has 8 heteroatoms. The van der Waals surface area contributed by atoms with E-state index in [4.69, 9.17) is 27.9 Å². The molecule has 0 heterocycles. The van der Waals surface area contributed by atoms with Crippen molar-refractivity contribution in [1.82, 2.24) is 0 Å². The summed E-state index contributed by atoms with van der Waals surface area (Å²) < 4.78 is 9.48. The maximum atomic E-state index is 11.9. The van der Waals surface area contributed by atoms with Gasteiger partial charge in [0.25, 0.3) is 5.91 Å². The molecule has 0 saturated carbocycles. The number of hydrogen-bond donors (Lipinski definition) is 1. The lowest BCUT2D eigenvalue weighted by atomic mass is 10.1. The molecule has 6 nitrogen and oxygen atoms in total. The van der Waals surface area contributed by atoms with Crippen molar-refractivity contribution in [2.75, 3.05) is 19.0 Å². The molecule has 0 aliphatic heterocycles. The number of esters is 2. The molecule has 2 aromatic rings. The molecule has 0 fully saturated rings. The number of benzene rings is 2. The fraction of sp³-hybridized carbons (Fsp3) is 0.118. The molecule has 1 N–H and O–H groups in total. The van der Waals surface area contributed by atoms with Crippen LogP contribution in [0.2, 0.25) is 10.0 Å². The van der Waals surface area contributed by atoms with Gasteiger partial charge in [0, 0.05) is 5.02 Å². The summed E-state index contributed by atoms with van der Waals surface area (Å²) in [5.41, 5.74) is 0.855. The molecule has 0 bridgehead atoms. The number of carbonyl (C=O) groups excluding carboxylic acids is 3. The van der Waals surface area contributed by atoms with Crippen molar-refractivity contribution in [2.45, 2.75) is 0 Å². The third kappa shape index (κ3) is 5.20. The maximum Gasteiger partial charge on any atom is 0.338 e. The summed E-state index contributed by atoms with van der Waals surface area (Å²) in [6, 6.07) is 10.2. The highest BCUT2D eigenvalue weighted by molar-refractivity contribution is 6.36. The van der Waals surface area contributed by atoms with Gasteiger partial charge in [-0.25, -0.2) is 9.59 Å². The van der Waals surface area contributed by atoms with E-state index in [0.717, 1.165) is 0 Å². The van der Waals surface area contributed by atoms with E-state index in [1.807, 2.05) is 0 Å². The van der Waals surface area contributed by atoms with Crippen molar-refractivity contribution in [2.24, 2.45) is 0 Å². The Balaban J connectivity index is 1.90. The van der Waals surface area contributed by atoms with Crippen molar-refractivity contribution in [3.05, 3.63) is 63.6 Å². The topological polar surface area (TPSA) is 81.7 Å². The van der Waals surface area contributed by atoms with Gasteiger partial charge in [-0.15, -0.1) is 0 Å². The Hall–Kier alpha value is -2.57. The first-order valence-corrected chi connectivity index (χ1v) is 7.76. The summed E-state index contributed by atoms with van der Waals surface area (Å²) in [5.74, 6) is -1.77.